The largest absolute Gasteiger partial charge is 0.744 e. The maximum Gasteiger partial charge on any atom is 0.196 e. The number of aryl methyl sites for hydroxylation is 2. The van der Waals surface area contributed by atoms with E-state index in [1.165, 1.54) is 12.1 Å². The first-order valence-electron chi connectivity index (χ1n) is 11.9. The zero-order chi connectivity index (χ0) is 27.5. The quantitative estimate of drug-likeness (QED) is 0.170. The number of ketones is 2. The zero-order valence-corrected chi connectivity index (χ0v) is 22.6. The summed E-state index contributed by atoms with van der Waals surface area (Å²) >= 11 is 0. The molecule has 1 aliphatic carbocycles. The van der Waals surface area contributed by atoms with E-state index in [2.05, 4.69) is 26.5 Å². The molecule has 3 aromatic carbocycles. The van der Waals surface area contributed by atoms with Crippen molar-refractivity contribution < 1.29 is 27.0 Å². The van der Waals surface area contributed by atoms with Crippen LogP contribution in [0.25, 0.3) is 0 Å². The van der Waals surface area contributed by atoms with Gasteiger partial charge in [-0.2, -0.15) is 0 Å². The molecule has 3 N–H and O–H groups in total. The molecule has 0 atom stereocenters. The number of fused-ring (bicyclic) bond motifs is 2. The Morgan fingerprint density at radius 2 is 1.43 bits per heavy atom. The maximum absolute atomic E-state index is 13.1. The second kappa shape index (κ2) is 10.8. The number of benzene rings is 3. The zero-order valence-electron chi connectivity index (χ0n) is 21.8. The summed E-state index contributed by atoms with van der Waals surface area (Å²) in [6.45, 7) is 5.43. The van der Waals surface area contributed by atoms with E-state index in [4.69, 9.17) is 5.73 Å². The van der Waals surface area contributed by atoms with E-state index in [-0.39, 0.29) is 16.5 Å². The highest BCUT2D eigenvalue weighted by Gasteiger charge is 2.34. The fourth-order valence-electron chi connectivity index (χ4n) is 4.07. The van der Waals surface area contributed by atoms with E-state index >= 15 is 0 Å². The van der Waals surface area contributed by atoms with Gasteiger partial charge in [0.25, 0.3) is 0 Å². The number of rotatable bonds is 6. The van der Waals surface area contributed by atoms with Gasteiger partial charge in [-0.1, -0.05) is 42.0 Å². The van der Waals surface area contributed by atoms with Gasteiger partial charge in [0.1, 0.15) is 10.1 Å². The van der Waals surface area contributed by atoms with Crippen molar-refractivity contribution in [2.75, 3.05) is 45.3 Å². The van der Waals surface area contributed by atoms with Crippen molar-refractivity contribution in [3.63, 3.8) is 0 Å². The molecule has 0 saturated heterocycles. The average molecular weight is 524 g/mol. The van der Waals surface area contributed by atoms with E-state index in [1.807, 2.05) is 19.9 Å². The summed E-state index contributed by atoms with van der Waals surface area (Å²) in [5, 5.41) is 3.36. The summed E-state index contributed by atoms with van der Waals surface area (Å²) in [4.78, 5) is 25.9. The van der Waals surface area contributed by atoms with Crippen molar-refractivity contribution in [3.05, 3.63) is 88.0 Å². The van der Waals surface area contributed by atoms with Crippen molar-refractivity contribution >= 4 is 33.1 Å². The van der Waals surface area contributed by atoms with Crippen LogP contribution in [0.1, 0.15) is 49.4 Å². The third kappa shape index (κ3) is 6.62. The molecule has 0 amide bonds. The molecule has 0 spiro atoms. The van der Waals surface area contributed by atoms with Gasteiger partial charge >= 0.3 is 0 Å². The number of carbonyl (C=O) groups is 2. The Labute approximate surface area is 218 Å². The van der Waals surface area contributed by atoms with Crippen LogP contribution in [0.4, 0.5) is 11.4 Å². The highest BCUT2D eigenvalue weighted by atomic mass is 32.2. The lowest BCUT2D eigenvalue weighted by molar-refractivity contribution is -0.870. The van der Waals surface area contributed by atoms with Crippen molar-refractivity contribution in [2.45, 2.75) is 25.2 Å². The lowest BCUT2D eigenvalue weighted by Crippen LogP contribution is -2.36. The van der Waals surface area contributed by atoms with E-state index in [9.17, 15) is 22.6 Å². The maximum atomic E-state index is 13.1. The third-order valence-electron chi connectivity index (χ3n) is 6.08. The smallest absolute Gasteiger partial charge is 0.196 e. The average Bonchev–Trinajstić information content (AvgIpc) is 2.82. The fraction of sp³-hybridized carbons (Fsp3) is 0.286. The van der Waals surface area contributed by atoms with Gasteiger partial charge in [-0.3, -0.25) is 9.59 Å². The Hall–Kier alpha value is -3.53. The number of carbonyl (C=O) groups excluding carboxylic acids is 2. The van der Waals surface area contributed by atoms with Gasteiger partial charge in [-0.05, 0) is 37.6 Å². The third-order valence-corrected chi connectivity index (χ3v) is 6.93. The number of anilines is 2. The van der Waals surface area contributed by atoms with Crippen LogP contribution in [0.2, 0.25) is 0 Å². The van der Waals surface area contributed by atoms with Crippen LogP contribution >= 0.6 is 0 Å². The van der Waals surface area contributed by atoms with Gasteiger partial charge in [0.15, 0.2) is 11.6 Å². The fourth-order valence-corrected chi connectivity index (χ4v) is 4.54. The molecule has 0 heterocycles. The summed E-state index contributed by atoms with van der Waals surface area (Å²) in [6, 6.07) is 14.6. The molecule has 196 valence electrons. The van der Waals surface area contributed by atoms with Crippen molar-refractivity contribution in [1.82, 2.24) is 0 Å². The number of nitrogens with two attached hydrogens (primary N) is 1. The molecule has 0 radical (unpaired) electrons. The van der Waals surface area contributed by atoms with Crippen molar-refractivity contribution in [1.29, 1.82) is 0 Å². The molecule has 0 fully saturated rings. The molecule has 0 aromatic heterocycles. The molecular formula is C28H33N3O5S. The minimum absolute atomic E-state index is 0.143. The van der Waals surface area contributed by atoms with E-state index < -0.39 is 10.1 Å². The second-order valence-corrected chi connectivity index (χ2v) is 11.5. The lowest BCUT2D eigenvalue weighted by Gasteiger charge is -2.25. The summed E-state index contributed by atoms with van der Waals surface area (Å²) in [7, 11) is 2.17. The summed E-state index contributed by atoms with van der Waals surface area (Å²) in [5.74, 6) is -0.318. The number of nitrogens with one attached hydrogen (secondary N) is 1. The van der Waals surface area contributed by atoms with Crippen LogP contribution in [-0.2, 0) is 10.1 Å². The number of hydrogen-bond donors (Lipinski definition) is 2. The molecule has 8 nitrogen and oxygen atoms in total. The molecule has 0 unspecified atom stereocenters. The molecule has 37 heavy (non-hydrogen) atoms. The van der Waals surface area contributed by atoms with Crippen LogP contribution in [-0.4, -0.2) is 63.3 Å². The number of hydrogen-bond acceptors (Lipinski definition) is 7. The van der Waals surface area contributed by atoms with Crippen LogP contribution in [0.15, 0.2) is 59.5 Å². The monoisotopic (exact) mass is 523 g/mol. The Bertz CT molecular complexity index is 1440. The lowest BCUT2D eigenvalue weighted by atomic mass is 9.81. The molecule has 0 saturated carbocycles. The second-order valence-electron chi connectivity index (χ2n) is 10.2. The van der Waals surface area contributed by atoms with Gasteiger partial charge in [-0.15, -0.1) is 0 Å². The Morgan fingerprint density at radius 1 is 0.892 bits per heavy atom. The molecule has 3 aromatic rings. The van der Waals surface area contributed by atoms with E-state index in [0.29, 0.717) is 33.6 Å². The summed E-state index contributed by atoms with van der Waals surface area (Å²) in [6.07, 6.45) is 0.959. The van der Waals surface area contributed by atoms with Crippen molar-refractivity contribution in [3.8, 4) is 0 Å². The van der Waals surface area contributed by atoms with Crippen molar-refractivity contribution in [2.24, 2.45) is 0 Å². The number of nitrogens with zero attached hydrogens (tertiary/aromatic N) is 1. The van der Waals surface area contributed by atoms with E-state index in [0.717, 1.165) is 35.1 Å². The topological polar surface area (TPSA) is 129 Å². The van der Waals surface area contributed by atoms with Gasteiger partial charge in [0.2, 0.25) is 0 Å². The number of nitrogen functional groups attached to an aromatic ring is 1. The predicted molar refractivity (Wildman–Crippen MR) is 144 cm³/mol. The molecule has 0 bridgehead atoms. The normalized spacial score (nSPS) is 12.8. The molecule has 1 aliphatic rings. The van der Waals surface area contributed by atoms with Gasteiger partial charge in [-0.25, -0.2) is 8.42 Å². The molecule has 4 rings (SSSR count). The van der Waals surface area contributed by atoms with Crippen LogP contribution in [0.5, 0.6) is 0 Å². The van der Waals surface area contributed by atoms with Crippen LogP contribution in [0.3, 0.4) is 0 Å². The Kier molecular flexibility index (Phi) is 8.22. The molecule has 9 heteroatoms. The highest BCUT2D eigenvalue weighted by Crippen LogP contribution is 2.37. The van der Waals surface area contributed by atoms with Gasteiger partial charge in [0, 0.05) is 35.5 Å². The first kappa shape index (κ1) is 28.0. The van der Waals surface area contributed by atoms with E-state index in [1.54, 1.807) is 36.4 Å². The minimum atomic E-state index is -4.27. The van der Waals surface area contributed by atoms with Gasteiger partial charge < -0.3 is 20.1 Å². The Morgan fingerprint density at radius 3 is 1.95 bits per heavy atom. The SMILES string of the molecule is Cc1cc(NCCC[N+](C)(C)C)c2c(c1N)C(=O)c1ccccc1C2=O.Cc1ccc(S(=O)(=O)[O-])cc1. The summed E-state index contributed by atoms with van der Waals surface area (Å²) in [5.41, 5.74) is 10.6. The first-order chi connectivity index (χ1) is 17.2. The highest BCUT2D eigenvalue weighted by molar-refractivity contribution is 7.85. The molecular weight excluding hydrogens is 490 g/mol. The molecule has 0 aliphatic heterocycles. The Balaban J connectivity index is 0.000000289. The van der Waals surface area contributed by atoms with Gasteiger partial charge in [0.05, 0.1) is 43.7 Å². The van der Waals surface area contributed by atoms with Crippen LogP contribution < -0.4 is 11.1 Å². The van der Waals surface area contributed by atoms with Crippen LogP contribution in [0, 0.1) is 13.8 Å². The standard InChI is InChI=1S/C21H25N3O2.C7H8O3S/c1-13-12-16(23-10-7-11-24(2,3)4)17-18(19(13)22)21(26)15-9-6-5-8-14(15)20(17)25;1-6-2-4-7(5-3-6)11(8,9)10/h5-6,8-9,12H,7,10-11H2,1-4H3,(H2-,22,23,25,26);2-5H,1H3,(H,8,9,10). The first-order valence-corrected chi connectivity index (χ1v) is 13.3. The number of quaternary nitrogens is 1. The predicted octanol–water partition coefficient (Wildman–Crippen LogP) is 3.76. The summed E-state index contributed by atoms with van der Waals surface area (Å²) < 4.78 is 32.0. The minimum Gasteiger partial charge on any atom is -0.744 e.